The van der Waals surface area contributed by atoms with Gasteiger partial charge in [0.15, 0.2) is 0 Å². The molecule has 1 fully saturated rings. The molecule has 0 spiro atoms. The Balaban J connectivity index is 2.04. The van der Waals surface area contributed by atoms with Crippen LogP contribution in [-0.2, 0) is 20.7 Å². The third kappa shape index (κ3) is 3.63. The highest BCUT2D eigenvalue weighted by molar-refractivity contribution is 5.86. The van der Waals surface area contributed by atoms with Crippen LogP contribution < -0.4 is 0 Å². The summed E-state index contributed by atoms with van der Waals surface area (Å²) < 4.78 is 5.06. The molecule has 1 saturated heterocycles. The fraction of sp³-hybridized carbons (Fsp3) is 0.529. The van der Waals surface area contributed by atoms with Crippen LogP contribution in [0.1, 0.15) is 36.5 Å². The summed E-state index contributed by atoms with van der Waals surface area (Å²) in [5.74, 6) is -0.266. The van der Waals surface area contributed by atoms with Crippen molar-refractivity contribution in [3.8, 4) is 0 Å². The van der Waals surface area contributed by atoms with Gasteiger partial charge in [0.05, 0.1) is 13.0 Å². The SMILES string of the molecule is CCOC(=O)C1CCCN1C(=O)Cc1ccc(C)c(C)c1. The Morgan fingerprint density at radius 3 is 2.71 bits per heavy atom. The molecule has 0 saturated carbocycles. The van der Waals surface area contributed by atoms with Crippen LogP contribution >= 0.6 is 0 Å². The molecule has 0 aromatic heterocycles. The normalized spacial score (nSPS) is 17.9. The van der Waals surface area contributed by atoms with Crippen molar-refractivity contribution in [1.29, 1.82) is 0 Å². The van der Waals surface area contributed by atoms with Gasteiger partial charge in [0.2, 0.25) is 5.91 Å². The molecule has 1 aliphatic rings. The number of hydrogen-bond acceptors (Lipinski definition) is 3. The molecule has 0 bridgehead atoms. The fourth-order valence-corrected chi connectivity index (χ4v) is 2.74. The Morgan fingerprint density at radius 2 is 2.05 bits per heavy atom. The summed E-state index contributed by atoms with van der Waals surface area (Å²) in [6, 6.07) is 5.66. The molecule has 2 rings (SSSR count). The van der Waals surface area contributed by atoms with E-state index in [9.17, 15) is 9.59 Å². The molecular weight excluding hydrogens is 266 g/mol. The number of amides is 1. The van der Waals surface area contributed by atoms with E-state index in [-0.39, 0.29) is 11.9 Å². The molecule has 4 heteroatoms. The molecule has 0 aliphatic carbocycles. The summed E-state index contributed by atoms with van der Waals surface area (Å²) in [6.45, 7) is 6.88. The number of ether oxygens (including phenoxy) is 1. The summed E-state index contributed by atoms with van der Waals surface area (Å²) >= 11 is 0. The maximum absolute atomic E-state index is 12.4. The second-order valence-electron chi connectivity index (χ2n) is 5.59. The van der Waals surface area contributed by atoms with Crippen LogP contribution in [0.3, 0.4) is 0 Å². The molecule has 1 amide bonds. The number of hydrogen-bond donors (Lipinski definition) is 0. The summed E-state index contributed by atoms with van der Waals surface area (Å²) in [5.41, 5.74) is 3.40. The molecule has 1 heterocycles. The van der Waals surface area contributed by atoms with Crippen LogP contribution in [0, 0.1) is 13.8 Å². The van der Waals surface area contributed by atoms with E-state index in [2.05, 4.69) is 6.92 Å². The van der Waals surface area contributed by atoms with Crippen molar-refractivity contribution in [2.24, 2.45) is 0 Å². The molecule has 1 unspecified atom stereocenters. The number of rotatable bonds is 4. The Kier molecular flexibility index (Phi) is 4.99. The van der Waals surface area contributed by atoms with Gasteiger partial charge in [-0.25, -0.2) is 4.79 Å². The van der Waals surface area contributed by atoms with E-state index in [4.69, 9.17) is 4.74 Å². The van der Waals surface area contributed by atoms with Gasteiger partial charge in [-0.1, -0.05) is 18.2 Å². The zero-order valence-electron chi connectivity index (χ0n) is 13.0. The lowest BCUT2D eigenvalue weighted by Crippen LogP contribution is -2.42. The first-order chi connectivity index (χ1) is 10.0. The van der Waals surface area contributed by atoms with Crippen molar-refractivity contribution in [3.05, 3.63) is 34.9 Å². The van der Waals surface area contributed by atoms with Crippen LogP contribution in [0.4, 0.5) is 0 Å². The number of likely N-dealkylation sites (tertiary alicyclic amines) is 1. The topological polar surface area (TPSA) is 46.6 Å². The molecular formula is C17H23NO3. The lowest BCUT2D eigenvalue weighted by Gasteiger charge is -2.23. The number of esters is 1. The Morgan fingerprint density at radius 1 is 1.29 bits per heavy atom. The third-order valence-electron chi connectivity index (χ3n) is 4.06. The number of nitrogens with zero attached hydrogens (tertiary/aromatic N) is 1. The van der Waals surface area contributed by atoms with Gasteiger partial charge in [0.25, 0.3) is 0 Å². The van der Waals surface area contributed by atoms with E-state index in [0.717, 1.165) is 12.0 Å². The smallest absolute Gasteiger partial charge is 0.328 e. The summed E-state index contributed by atoms with van der Waals surface area (Å²) in [6.07, 6.45) is 1.91. The minimum atomic E-state index is -0.399. The van der Waals surface area contributed by atoms with Crippen molar-refractivity contribution < 1.29 is 14.3 Å². The Labute approximate surface area is 126 Å². The summed E-state index contributed by atoms with van der Waals surface area (Å²) in [4.78, 5) is 26.0. The average Bonchev–Trinajstić information content (AvgIpc) is 2.92. The maximum Gasteiger partial charge on any atom is 0.328 e. The van der Waals surface area contributed by atoms with Gasteiger partial charge in [-0.15, -0.1) is 0 Å². The lowest BCUT2D eigenvalue weighted by atomic mass is 10.0. The summed E-state index contributed by atoms with van der Waals surface area (Å²) in [5, 5.41) is 0. The van der Waals surface area contributed by atoms with Gasteiger partial charge in [0, 0.05) is 6.54 Å². The van der Waals surface area contributed by atoms with Gasteiger partial charge in [-0.3, -0.25) is 4.79 Å². The monoisotopic (exact) mass is 289 g/mol. The molecule has 1 aromatic rings. The zero-order chi connectivity index (χ0) is 15.4. The van der Waals surface area contributed by atoms with Crippen LogP contribution in [0.15, 0.2) is 18.2 Å². The van der Waals surface area contributed by atoms with Gasteiger partial charge < -0.3 is 9.64 Å². The molecule has 21 heavy (non-hydrogen) atoms. The molecule has 0 N–H and O–H groups in total. The van der Waals surface area contributed by atoms with E-state index >= 15 is 0 Å². The predicted octanol–water partition coefficient (Wildman–Crippen LogP) is 2.40. The number of aryl methyl sites for hydroxylation is 2. The molecule has 0 radical (unpaired) electrons. The average molecular weight is 289 g/mol. The molecule has 1 aromatic carbocycles. The Bertz CT molecular complexity index is 539. The van der Waals surface area contributed by atoms with E-state index in [1.165, 1.54) is 11.1 Å². The minimum absolute atomic E-state index is 0.00815. The largest absolute Gasteiger partial charge is 0.464 e. The van der Waals surface area contributed by atoms with Gasteiger partial charge in [-0.2, -0.15) is 0 Å². The van der Waals surface area contributed by atoms with E-state index in [1.807, 2.05) is 25.1 Å². The first-order valence-electron chi connectivity index (χ1n) is 7.55. The lowest BCUT2D eigenvalue weighted by molar-refractivity contribution is -0.152. The number of carbonyl (C=O) groups excluding carboxylic acids is 2. The van der Waals surface area contributed by atoms with Crippen molar-refractivity contribution in [1.82, 2.24) is 4.90 Å². The summed E-state index contributed by atoms with van der Waals surface area (Å²) in [7, 11) is 0. The van der Waals surface area contributed by atoms with Gasteiger partial charge in [0.1, 0.15) is 6.04 Å². The highest BCUT2D eigenvalue weighted by Crippen LogP contribution is 2.20. The van der Waals surface area contributed by atoms with Crippen LogP contribution in [0.25, 0.3) is 0 Å². The van der Waals surface area contributed by atoms with Crippen molar-refractivity contribution in [2.45, 2.75) is 46.1 Å². The highest BCUT2D eigenvalue weighted by atomic mass is 16.5. The number of carbonyl (C=O) groups is 2. The maximum atomic E-state index is 12.4. The zero-order valence-corrected chi connectivity index (χ0v) is 13.0. The van der Waals surface area contributed by atoms with Gasteiger partial charge >= 0.3 is 5.97 Å². The predicted molar refractivity (Wildman–Crippen MR) is 81.0 cm³/mol. The Hall–Kier alpha value is -1.84. The first kappa shape index (κ1) is 15.5. The number of benzene rings is 1. The minimum Gasteiger partial charge on any atom is -0.464 e. The fourth-order valence-electron chi connectivity index (χ4n) is 2.74. The second-order valence-corrected chi connectivity index (χ2v) is 5.59. The van der Waals surface area contributed by atoms with Gasteiger partial charge in [-0.05, 0) is 50.3 Å². The molecule has 4 nitrogen and oxygen atoms in total. The molecule has 114 valence electrons. The van der Waals surface area contributed by atoms with E-state index < -0.39 is 6.04 Å². The van der Waals surface area contributed by atoms with Crippen LogP contribution in [-0.4, -0.2) is 36.0 Å². The van der Waals surface area contributed by atoms with Crippen LogP contribution in [0.5, 0.6) is 0 Å². The van der Waals surface area contributed by atoms with E-state index in [1.54, 1.807) is 11.8 Å². The molecule has 1 aliphatic heterocycles. The van der Waals surface area contributed by atoms with Crippen molar-refractivity contribution in [2.75, 3.05) is 13.2 Å². The van der Waals surface area contributed by atoms with Crippen molar-refractivity contribution >= 4 is 11.9 Å². The standard InChI is InChI=1S/C17H23NO3/c1-4-21-17(20)15-6-5-9-18(15)16(19)11-14-8-7-12(2)13(3)10-14/h7-8,10,15H,4-6,9,11H2,1-3H3. The van der Waals surface area contributed by atoms with E-state index in [0.29, 0.717) is 26.0 Å². The highest BCUT2D eigenvalue weighted by Gasteiger charge is 2.34. The molecule has 1 atom stereocenters. The van der Waals surface area contributed by atoms with Crippen LogP contribution in [0.2, 0.25) is 0 Å². The first-order valence-corrected chi connectivity index (χ1v) is 7.55. The third-order valence-corrected chi connectivity index (χ3v) is 4.06. The van der Waals surface area contributed by atoms with Crippen molar-refractivity contribution in [3.63, 3.8) is 0 Å². The second kappa shape index (κ2) is 6.74. The quantitative estimate of drug-likeness (QED) is 0.800.